The first-order chi connectivity index (χ1) is 9.65. The lowest BCUT2D eigenvalue weighted by Crippen LogP contribution is -2.38. The van der Waals surface area contributed by atoms with Gasteiger partial charge in [0.2, 0.25) is 5.91 Å². The largest absolute Gasteiger partial charge is 0.358 e. The molecule has 2 N–H and O–H groups in total. The van der Waals surface area contributed by atoms with Crippen LogP contribution in [-0.2, 0) is 4.79 Å². The molecule has 1 aliphatic carbocycles. The molecule has 20 heavy (non-hydrogen) atoms. The van der Waals surface area contributed by atoms with Crippen molar-refractivity contribution in [1.82, 2.24) is 10.3 Å². The van der Waals surface area contributed by atoms with Crippen LogP contribution >= 0.6 is 15.9 Å². The first-order valence-electron chi connectivity index (χ1n) is 6.75. The smallest absolute Gasteiger partial charge is 0.242 e. The number of amides is 1. The van der Waals surface area contributed by atoms with E-state index in [2.05, 4.69) is 31.5 Å². The molecule has 4 nitrogen and oxygen atoms in total. The maximum atomic E-state index is 12.0. The molecule has 1 amide bonds. The molecule has 1 heterocycles. The van der Waals surface area contributed by atoms with Crippen LogP contribution in [0.3, 0.4) is 0 Å². The van der Waals surface area contributed by atoms with Crippen molar-refractivity contribution in [2.45, 2.75) is 31.8 Å². The minimum absolute atomic E-state index is 0.0290. The Bertz CT molecular complexity index is 655. The number of nitrogens with zero attached hydrogens (tertiary/aromatic N) is 1. The molecule has 0 aliphatic heterocycles. The lowest BCUT2D eigenvalue weighted by Gasteiger charge is -2.16. The maximum absolute atomic E-state index is 12.0. The van der Waals surface area contributed by atoms with Crippen molar-refractivity contribution in [2.75, 3.05) is 5.32 Å². The number of rotatable bonds is 4. The molecule has 1 unspecified atom stereocenters. The van der Waals surface area contributed by atoms with E-state index in [9.17, 15) is 4.79 Å². The molecule has 5 heteroatoms. The van der Waals surface area contributed by atoms with Crippen molar-refractivity contribution in [3.05, 3.63) is 34.9 Å². The quantitative estimate of drug-likeness (QED) is 0.904. The van der Waals surface area contributed by atoms with Gasteiger partial charge in [0.25, 0.3) is 0 Å². The van der Waals surface area contributed by atoms with Gasteiger partial charge in [0.05, 0.1) is 0 Å². The van der Waals surface area contributed by atoms with Gasteiger partial charge in [-0.05, 0) is 31.9 Å². The van der Waals surface area contributed by atoms with Gasteiger partial charge >= 0.3 is 0 Å². The van der Waals surface area contributed by atoms with Gasteiger partial charge in [-0.2, -0.15) is 0 Å². The Morgan fingerprint density at radius 2 is 2.15 bits per heavy atom. The number of benzene rings is 1. The zero-order valence-corrected chi connectivity index (χ0v) is 12.8. The molecule has 1 aromatic heterocycles. The highest BCUT2D eigenvalue weighted by Crippen LogP contribution is 2.28. The second-order valence-electron chi connectivity index (χ2n) is 5.14. The van der Waals surface area contributed by atoms with Crippen LogP contribution in [0.25, 0.3) is 10.8 Å². The molecule has 0 spiro atoms. The molecular weight excluding hydrogens is 318 g/mol. The minimum Gasteiger partial charge on any atom is -0.358 e. The van der Waals surface area contributed by atoms with Crippen molar-refractivity contribution in [2.24, 2.45) is 0 Å². The summed E-state index contributed by atoms with van der Waals surface area (Å²) in [6.45, 7) is 1.86. The molecule has 104 valence electrons. The zero-order chi connectivity index (χ0) is 14.1. The number of hydrogen-bond donors (Lipinski definition) is 2. The summed E-state index contributed by atoms with van der Waals surface area (Å²) in [5, 5.41) is 8.29. The predicted molar refractivity (Wildman–Crippen MR) is 83.7 cm³/mol. The number of hydrogen-bond acceptors (Lipinski definition) is 3. The third-order valence-corrected chi connectivity index (χ3v) is 4.11. The van der Waals surface area contributed by atoms with Crippen molar-refractivity contribution in [3.8, 4) is 0 Å². The van der Waals surface area contributed by atoms with Gasteiger partial charge in [-0.3, -0.25) is 4.79 Å². The second kappa shape index (κ2) is 5.40. The number of anilines is 1. The van der Waals surface area contributed by atoms with Crippen LogP contribution in [0, 0.1) is 0 Å². The second-order valence-corrected chi connectivity index (χ2v) is 6.00. The molecule has 1 aliphatic rings. The van der Waals surface area contributed by atoms with E-state index in [0.717, 1.165) is 33.9 Å². The van der Waals surface area contributed by atoms with E-state index < -0.39 is 0 Å². The van der Waals surface area contributed by atoms with Gasteiger partial charge in [-0.15, -0.1) is 0 Å². The molecular formula is C15H16BrN3O. The maximum Gasteiger partial charge on any atom is 0.242 e. The number of fused-ring (bicyclic) bond motifs is 1. The van der Waals surface area contributed by atoms with Gasteiger partial charge in [0.15, 0.2) is 0 Å². The van der Waals surface area contributed by atoms with Crippen LogP contribution in [0.2, 0.25) is 0 Å². The zero-order valence-electron chi connectivity index (χ0n) is 11.2. The number of carbonyl (C=O) groups is 1. The number of aromatic nitrogens is 1. The molecule has 1 aromatic carbocycles. The Morgan fingerprint density at radius 3 is 2.90 bits per heavy atom. The van der Waals surface area contributed by atoms with E-state index in [1.165, 1.54) is 0 Å². The normalized spacial score (nSPS) is 15.9. The fourth-order valence-corrected chi connectivity index (χ4v) is 2.61. The van der Waals surface area contributed by atoms with E-state index in [4.69, 9.17) is 0 Å². The summed E-state index contributed by atoms with van der Waals surface area (Å²) in [5.41, 5.74) is 0. The molecule has 1 atom stereocenters. The fraction of sp³-hybridized carbons (Fsp3) is 0.333. The minimum atomic E-state index is -0.298. The monoisotopic (exact) mass is 333 g/mol. The van der Waals surface area contributed by atoms with Crippen LogP contribution in [0.5, 0.6) is 0 Å². The SMILES string of the molecule is CC(Nc1nccc2c(Br)cccc12)C(=O)NC1CC1. The molecule has 1 saturated carbocycles. The number of pyridine rings is 1. The Hall–Kier alpha value is -1.62. The Kier molecular flexibility index (Phi) is 3.61. The average molecular weight is 334 g/mol. The Morgan fingerprint density at radius 1 is 1.35 bits per heavy atom. The highest BCUT2D eigenvalue weighted by molar-refractivity contribution is 9.10. The molecule has 2 aromatic rings. The van der Waals surface area contributed by atoms with E-state index in [1.807, 2.05) is 31.2 Å². The summed E-state index contributed by atoms with van der Waals surface area (Å²) in [7, 11) is 0. The van der Waals surface area contributed by atoms with Gasteiger partial charge in [0, 0.05) is 27.5 Å². The summed E-state index contributed by atoms with van der Waals surface area (Å²) in [5.74, 6) is 0.767. The van der Waals surface area contributed by atoms with Gasteiger partial charge in [-0.1, -0.05) is 28.1 Å². The van der Waals surface area contributed by atoms with E-state index in [0.29, 0.717) is 6.04 Å². The van der Waals surface area contributed by atoms with Crippen LogP contribution in [-0.4, -0.2) is 23.0 Å². The van der Waals surface area contributed by atoms with Crippen molar-refractivity contribution >= 4 is 38.4 Å². The first-order valence-corrected chi connectivity index (χ1v) is 7.54. The summed E-state index contributed by atoms with van der Waals surface area (Å²) in [4.78, 5) is 16.3. The highest BCUT2D eigenvalue weighted by atomic mass is 79.9. The van der Waals surface area contributed by atoms with Gasteiger partial charge in [0.1, 0.15) is 11.9 Å². The fourth-order valence-electron chi connectivity index (χ4n) is 2.11. The topological polar surface area (TPSA) is 54.0 Å². The standard InChI is InChI=1S/C15H16BrN3O/c1-9(15(20)19-10-5-6-10)18-14-12-3-2-4-13(16)11(12)7-8-17-14/h2-4,7-10H,5-6H2,1H3,(H,17,18)(H,19,20). The van der Waals surface area contributed by atoms with Crippen molar-refractivity contribution < 1.29 is 4.79 Å². The molecule has 1 fully saturated rings. The number of carbonyl (C=O) groups excluding carboxylic acids is 1. The summed E-state index contributed by atoms with van der Waals surface area (Å²) < 4.78 is 1.02. The average Bonchev–Trinajstić information content (AvgIpc) is 3.24. The lowest BCUT2D eigenvalue weighted by atomic mass is 10.1. The molecule has 3 rings (SSSR count). The number of nitrogens with one attached hydrogen (secondary N) is 2. The Balaban J connectivity index is 1.83. The van der Waals surface area contributed by atoms with E-state index >= 15 is 0 Å². The van der Waals surface area contributed by atoms with Gasteiger partial charge in [-0.25, -0.2) is 4.98 Å². The van der Waals surface area contributed by atoms with Crippen LogP contribution in [0.15, 0.2) is 34.9 Å². The predicted octanol–water partition coefficient (Wildman–Crippen LogP) is 3.08. The van der Waals surface area contributed by atoms with E-state index in [1.54, 1.807) is 6.20 Å². The lowest BCUT2D eigenvalue weighted by molar-refractivity contribution is -0.121. The van der Waals surface area contributed by atoms with E-state index in [-0.39, 0.29) is 11.9 Å². The van der Waals surface area contributed by atoms with Crippen LogP contribution < -0.4 is 10.6 Å². The van der Waals surface area contributed by atoms with Crippen molar-refractivity contribution in [1.29, 1.82) is 0 Å². The third-order valence-electron chi connectivity index (χ3n) is 3.42. The molecule has 0 bridgehead atoms. The van der Waals surface area contributed by atoms with Gasteiger partial charge < -0.3 is 10.6 Å². The third kappa shape index (κ3) is 2.77. The summed E-state index contributed by atoms with van der Waals surface area (Å²) >= 11 is 3.53. The number of halogens is 1. The highest BCUT2D eigenvalue weighted by Gasteiger charge is 2.25. The van der Waals surface area contributed by atoms with Crippen molar-refractivity contribution in [3.63, 3.8) is 0 Å². The molecule has 0 saturated heterocycles. The van der Waals surface area contributed by atoms with Crippen LogP contribution in [0.1, 0.15) is 19.8 Å². The first kappa shape index (κ1) is 13.4. The molecule has 0 radical (unpaired) electrons. The summed E-state index contributed by atoms with van der Waals surface area (Å²) in [6, 6.07) is 8.00. The Labute approximate surface area is 126 Å². The van der Waals surface area contributed by atoms with Crippen LogP contribution in [0.4, 0.5) is 5.82 Å². The summed E-state index contributed by atoms with van der Waals surface area (Å²) in [6.07, 6.45) is 3.94.